The summed E-state index contributed by atoms with van der Waals surface area (Å²) in [6.45, 7) is 0.628. The first-order chi connectivity index (χ1) is 12.4. The predicted octanol–water partition coefficient (Wildman–Crippen LogP) is -3.76. The zero-order chi connectivity index (χ0) is 21.1. The molecule has 0 radical (unpaired) electrons. The van der Waals surface area contributed by atoms with Gasteiger partial charge in [-0.3, -0.25) is 28.8 Å². The van der Waals surface area contributed by atoms with E-state index in [9.17, 15) is 28.8 Å². The number of nitrogens with two attached hydrogens (primary N) is 2. The summed E-state index contributed by atoms with van der Waals surface area (Å²) in [5, 5.41) is 23.6. The number of primary amides is 1. The van der Waals surface area contributed by atoms with E-state index >= 15 is 0 Å². The lowest BCUT2D eigenvalue weighted by atomic mass is 10.1. The predicted molar refractivity (Wildman–Crippen MR) is 88.8 cm³/mol. The zero-order valence-corrected chi connectivity index (χ0v) is 14.6. The van der Waals surface area contributed by atoms with Gasteiger partial charge in [-0.1, -0.05) is 0 Å². The number of carbonyl (C=O) groups excluding carboxylic acids is 4. The van der Waals surface area contributed by atoms with Gasteiger partial charge in [0.15, 0.2) is 0 Å². The van der Waals surface area contributed by atoms with Crippen molar-refractivity contribution in [1.29, 1.82) is 0 Å². The first-order valence-corrected chi connectivity index (χ1v) is 7.80. The standard InChI is InChI=1S/C14H23N5O8/c1-6(12(25)17-5-11(23)24)18-14(27)8(2-3-9(16)20)19-13(26)7(15)4-10(21)22/h6-8H,2-5,15H2,1H3,(H2,16,20)(H,17,25)(H,18,27)(H,19,26)(H,21,22)(H,23,24). The van der Waals surface area contributed by atoms with Gasteiger partial charge in [0, 0.05) is 6.42 Å². The van der Waals surface area contributed by atoms with E-state index in [1.165, 1.54) is 6.92 Å². The minimum atomic E-state index is -1.43. The van der Waals surface area contributed by atoms with Crippen molar-refractivity contribution in [3.8, 4) is 0 Å². The van der Waals surface area contributed by atoms with E-state index in [-0.39, 0.29) is 12.8 Å². The highest BCUT2D eigenvalue weighted by molar-refractivity contribution is 5.94. The summed E-state index contributed by atoms with van der Waals surface area (Å²) >= 11 is 0. The molecule has 4 amide bonds. The van der Waals surface area contributed by atoms with Crippen LogP contribution >= 0.6 is 0 Å². The van der Waals surface area contributed by atoms with Crippen molar-refractivity contribution >= 4 is 35.6 Å². The van der Waals surface area contributed by atoms with Gasteiger partial charge in [-0.2, -0.15) is 0 Å². The Morgan fingerprint density at radius 3 is 2.00 bits per heavy atom. The molecule has 13 nitrogen and oxygen atoms in total. The largest absolute Gasteiger partial charge is 0.481 e. The molecule has 9 N–H and O–H groups in total. The van der Waals surface area contributed by atoms with E-state index in [2.05, 4.69) is 16.0 Å². The van der Waals surface area contributed by atoms with Crippen molar-refractivity contribution in [2.45, 2.75) is 44.3 Å². The number of hydrogen-bond donors (Lipinski definition) is 7. The number of carbonyl (C=O) groups is 6. The first kappa shape index (κ1) is 23.8. The number of carboxylic acids is 2. The van der Waals surface area contributed by atoms with Gasteiger partial charge in [0.1, 0.15) is 18.6 Å². The Hall–Kier alpha value is -3.22. The second-order valence-corrected chi connectivity index (χ2v) is 5.61. The lowest BCUT2D eigenvalue weighted by Crippen LogP contribution is -2.55. The monoisotopic (exact) mass is 389 g/mol. The van der Waals surface area contributed by atoms with Gasteiger partial charge in [-0.15, -0.1) is 0 Å². The van der Waals surface area contributed by atoms with Crippen molar-refractivity contribution in [2.24, 2.45) is 11.5 Å². The Kier molecular flexibility index (Phi) is 10.0. The first-order valence-electron chi connectivity index (χ1n) is 7.80. The SMILES string of the molecule is CC(NC(=O)C(CCC(N)=O)NC(=O)C(N)CC(=O)O)C(=O)NCC(=O)O. The van der Waals surface area contributed by atoms with Gasteiger partial charge in [0.05, 0.1) is 12.5 Å². The molecule has 0 aromatic rings. The maximum atomic E-state index is 12.3. The number of rotatable bonds is 12. The smallest absolute Gasteiger partial charge is 0.322 e. The third kappa shape index (κ3) is 10.4. The molecular weight excluding hydrogens is 366 g/mol. The minimum Gasteiger partial charge on any atom is -0.481 e. The van der Waals surface area contributed by atoms with Crippen LogP contribution in [0.4, 0.5) is 0 Å². The highest BCUT2D eigenvalue weighted by atomic mass is 16.4. The zero-order valence-electron chi connectivity index (χ0n) is 14.6. The van der Waals surface area contributed by atoms with Crippen LogP contribution in [0, 0.1) is 0 Å². The molecule has 13 heteroatoms. The highest BCUT2D eigenvalue weighted by Crippen LogP contribution is 2.01. The van der Waals surface area contributed by atoms with Gasteiger partial charge in [-0.25, -0.2) is 0 Å². The topological polar surface area (TPSA) is 231 Å². The van der Waals surface area contributed by atoms with Gasteiger partial charge < -0.3 is 37.6 Å². The van der Waals surface area contributed by atoms with Crippen molar-refractivity contribution in [3.05, 3.63) is 0 Å². The summed E-state index contributed by atoms with van der Waals surface area (Å²) in [4.78, 5) is 67.8. The van der Waals surface area contributed by atoms with Crippen molar-refractivity contribution in [3.63, 3.8) is 0 Å². The van der Waals surface area contributed by atoms with Gasteiger partial charge >= 0.3 is 11.9 Å². The molecule has 3 unspecified atom stereocenters. The molecule has 27 heavy (non-hydrogen) atoms. The Labute approximate surface area is 153 Å². The van der Waals surface area contributed by atoms with Crippen LogP contribution in [0.5, 0.6) is 0 Å². The molecule has 0 aliphatic carbocycles. The second kappa shape index (κ2) is 11.4. The fourth-order valence-electron chi connectivity index (χ4n) is 1.81. The number of hydrogen-bond acceptors (Lipinski definition) is 7. The fraction of sp³-hybridized carbons (Fsp3) is 0.571. The maximum absolute atomic E-state index is 12.3. The van der Waals surface area contributed by atoms with E-state index in [4.69, 9.17) is 21.7 Å². The van der Waals surface area contributed by atoms with Crippen LogP contribution in [0.2, 0.25) is 0 Å². The van der Waals surface area contributed by atoms with E-state index in [0.717, 1.165) is 0 Å². The number of nitrogens with one attached hydrogen (secondary N) is 3. The van der Waals surface area contributed by atoms with Crippen LogP contribution < -0.4 is 27.4 Å². The molecule has 0 fully saturated rings. The molecule has 0 heterocycles. The molecule has 0 aliphatic heterocycles. The van der Waals surface area contributed by atoms with Crippen LogP contribution in [-0.4, -0.2) is 70.5 Å². The van der Waals surface area contributed by atoms with Crippen LogP contribution in [0.25, 0.3) is 0 Å². The Balaban J connectivity index is 4.94. The number of amides is 4. The summed E-state index contributed by atoms with van der Waals surface area (Å²) in [6.07, 6.45) is -1.16. The third-order valence-electron chi connectivity index (χ3n) is 3.21. The third-order valence-corrected chi connectivity index (χ3v) is 3.21. The lowest BCUT2D eigenvalue weighted by Gasteiger charge is -2.22. The molecule has 0 bridgehead atoms. The molecule has 0 saturated heterocycles. The fourth-order valence-corrected chi connectivity index (χ4v) is 1.81. The average Bonchev–Trinajstić information content (AvgIpc) is 2.54. The molecule has 0 spiro atoms. The van der Waals surface area contributed by atoms with Gasteiger partial charge in [0.25, 0.3) is 0 Å². The summed E-state index contributed by atoms with van der Waals surface area (Å²) in [6, 6.07) is -3.88. The molecule has 152 valence electrons. The second-order valence-electron chi connectivity index (χ2n) is 5.61. The maximum Gasteiger partial charge on any atom is 0.322 e. The number of aliphatic carboxylic acids is 2. The van der Waals surface area contributed by atoms with Crippen molar-refractivity contribution in [2.75, 3.05) is 6.54 Å². The summed E-state index contributed by atoms with van der Waals surface area (Å²) in [7, 11) is 0. The highest BCUT2D eigenvalue weighted by Gasteiger charge is 2.27. The minimum absolute atomic E-state index is 0.212. The summed E-state index contributed by atoms with van der Waals surface area (Å²) in [5.41, 5.74) is 10.4. The molecule has 0 aromatic carbocycles. The Morgan fingerprint density at radius 2 is 1.52 bits per heavy atom. The number of carboxylic acid groups (broad SMARTS) is 2. The molecule has 3 atom stereocenters. The Morgan fingerprint density at radius 1 is 0.926 bits per heavy atom. The quantitative estimate of drug-likeness (QED) is 0.173. The molecule has 0 aliphatic rings. The molecular formula is C14H23N5O8. The van der Waals surface area contributed by atoms with E-state index in [1.54, 1.807) is 0 Å². The van der Waals surface area contributed by atoms with Crippen LogP contribution in [0.1, 0.15) is 26.2 Å². The van der Waals surface area contributed by atoms with E-state index < -0.39 is 66.7 Å². The van der Waals surface area contributed by atoms with Crippen molar-refractivity contribution < 1.29 is 39.0 Å². The molecule has 0 rings (SSSR count). The van der Waals surface area contributed by atoms with E-state index in [0.29, 0.717) is 0 Å². The Bertz CT molecular complexity index is 608. The van der Waals surface area contributed by atoms with Gasteiger partial charge in [0.2, 0.25) is 23.6 Å². The molecule has 0 aromatic heterocycles. The average molecular weight is 389 g/mol. The summed E-state index contributed by atoms with van der Waals surface area (Å²) < 4.78 is 0. The summed E-state index contributed by atoms with van der Waals surface area (Å²) in [5.74, 6) is -5.92. The molecule has 0 saturated carbocycles. The van der Waals surface area contributed by atoms with Crippen molar-refractivity contribution in [1.82, 2.24) is 16.0 Å². The lowest BCUT2D eigenvalue weighted by molar-refractivity contribution is -0.139. The van der Waals surface area contributed by atoms with Gasteiger partial charge in [-0.05, 0) is 13.3 Å². The van der Waals surface area contributed by atoms with Crippen LogP contribution in [0.3, 0.4) is 0 Å². The normalized spacial score (nSPS) is 13.6. The van der Waals surface area contributed by atoms with Crippen LogP contribution in [-0.2, 0) is 28.8 Å². The van der Waals surface area contributed by atoms with E-state index in [1.807, 2.05) is 0 Å². The van der Waals surface area contributed by atoms with Crippen LogP contribution in [0.15, 0.2) is 0 Å².